The molecule has 1 atom stereocenters. The first-order chi connectivity index (χ1) is 7.38. The molecule has 94 valence electrons. The van der Waals surface area contributed by atoms with Crippen LogP contribution in [0.5, 0.6) is 0 Å². The highest BCUT2D eigenvalue weighted by Gasteiger charge is 2.21. The summed E-state index contributed by atoms with van der Waals surface area (Å²) in [6, 6.07) is 0. The van der Waals surface area contributed by atoms with Crippen molar-refractivity contribution in [3.63, 3.8) is 0 Å². The molecule has 0 aromatic heterocycles. The highest BCUT2D eigenvalue weighted by Crippen LogP contribution is 2.18. The molecule has 0 saturated carbocycles. The summed E-state index contributed by atoms with van der Waals surface area (Å²) >= 11 is 1.96. The molecule has 0 aromatic carbocycles. The first-order valence-corrected chi connectivity index (χ1v) is 7.08. The highest BCUT2D eigenvalue weighted by atomic mass is 32.2. The van der Waals surface area contributed by atoms with Gasteiger partial charge in [0.05, 0.1) is 0 Å². The Bertz CT molecular complexity index is 238. The summed E-state index contributed by atoms with van der Waals surface area (Å²) in [5, 5.41) is 3.94. The molecule has 0 aromatic rings. The topological polar surface area (TPSA) is 32.3 Å². The monoisotopic (exact) mass is 244 g/mol. The van der Waals surface area contributed by atoms with E-state index < -0.39 is 0 Å². The van der Waals surface area contributed by atoms with Gasteiger partial charge in [-0.15, -0.1) is 0 Å². The van der Waals surface area contributed by atoms with Crippen LogP contribution in [0.15, 0.2) is 0 Å². The lowest BCUT2D eigenvalue weighted by Crippen LogP contribution is -2.43. The third-order valence-corrected chi connectivity index (χ3v) is 3.72. The predicted octanol–water partition coefficient (Wildman–Crippen LogP) is 1.73. The van der Waals surface area contributed by atoms with Crippen LogP contribution < -0.4 is 5.32 Å². The number of hydrogen-bond donors (Lipinski definition) is 1. The van der Waals surface area contributed by atoms with Crippen LogP contribution in [0.25, 0.3) is 0 Å². The molecule has 1 saturated heterocycles. The van der Waals surface area contributed by atoms with Crippen LogP contribution >= 0.6 is 11.8 Å². The lowest BCUT2D eigenvalue weighted by Gasteiger charge is -2.31. The average Bonchev–Trinajstić information content (AvgIpc) is 2.15. The molecule has 1 amide bonds. The summed E-state index contributed by atoms with van der Waals surface area (Å²) < 4.78 is 0. The zero-order chi connectivity index (χ0) is 12.2. The van der Waals surface area contributed by atoms with Crippen molar-refractivity contribution in [1.29, 1.82) is 0 Å². The van der Waals surface area contributed by atoms with Crippen LogP contribution in [-0.2, 0) is 4.79 Å². The van der Waals surface area contributed by atoms with Gasteiger partial charge in [-0.3, -0.25) is 4.79 Å². The van der Waals surface area contributed by atoms with Gasteiger partial charge in [-0.1, -0.05) is 6.92 Å². The highest BCUT2D eigenvalue weighted by molar-refractivity contribution is 7.99. The quantitative estimate of drug-likeness (QED) is 0.820. The van der Waals surface area contributed by atoms with E-state index in [0.717, 1.165) is 25.4 Å². The summed E-state index contributed by atoms with van der Waals surface area (Å²) in [5.41, 5.74) is 0.103. The maximum absolute atomic E-state index is 11.9. The van der Waals surface area contributed by atoms with Crippen molar-refractivity contribution in [3.05, 3.63) is 0 Å². The number of thioether (sulfide) groups is 1. The van der Waals surface area contributed by atoms with E-state index in [0.29, 0.717) is 17.6 Å². The van der Waals surface area contributed by atoms with Crippen LogP contribution in [0.3, 0.4) is 0 Å². The van der Waals surface area contributed by atoms with Gasteiger partial charge in [0.15, 0.2) is 0 Å². The Labute approximate surface area is 103 Å². The Morgan fingerprint density at radius 2 is 2.19 bits per heavy atom. The third kappa shape index (κ3) is 5.21. The number of hydrogen-bond acceptors (Lipinski definition) is 3. The van der Waals surface area contributed by atoms with Gasteiger partial charge >= 0.3 is 0 Å². The fourth-order valence-corrected chi connectivity index (χ4v) is 2.76. The molecule has 1 heterocycles. The Hall–Kier alpha value is -0.220. The average molecular weight is 244 g/mol. The standard InChI is InChI=1S/C12H24N2OS/c1-10-9-14(7-8-16-10)11(15)5-6-13-12(2,3)4/h10,13H,5-9H2,1-4H3. The Kier molecular flexibility index (Phi) is 5.12. The molecule has 1 fully saturated rings. The van der Waals surface area contributed by atoms with Gasteiger partial charge < -0.3 is 10.2 Å². The van der Waals surface area contributed by atoms with Gasteiger partial charge in [-0.2, -0.15) is 11.8 Å². The molecule has 0 radical (unpaired) electrons. The van der Waals surface area contributed by atoms with E-state index in [4.69, 9.17) is 0 Å². The summed E-state index contributed by atoms with van der Waals surface area (Å²) in [6.07, 6.45) is 0.620. The fraction of sp³-hybridized carbons (Fsp3) is 0.917. The summed E-state index contributed by atoms with van der Waals surface area (Å²) in [5.74, 6) is 1.38. The van der Waals surface area contributed by atoms with Gasteiger partial charge in [0.25, 0.3) is 0 Å². The van der Waals surface area contributed by atoms with E-state index >= 15 is 0 Å². The van der Waals surface area contributed by atoms with E-state index in [-0.39, 0.29) is 5.54 Å². The number of rotatable bonds is 3. The van der Waals surface area contributed by atoms with E-state index in [1.165, 1.54) is 0 Å². The van der Waals surface area contributed by atoms with E-state index in [1.54, 1.807) is 0 Å². The van der Waals surface area contributed by atoms with Gasteiger partial charge in [-0.05, 0) is 20.8 Å². The Balaban J connectivity index is 2.24. The largest absolute Gasteiger partial charge is 0.341 e. The minimum Gasteiger partial charge on any atom is -0.341 e. The Morgan fingerprint density at radius 1 is 1.50 bits per heavy atom. The Morgan fingerprint density at radius 3 is 2.75 bits per heavy atom. The van der Waals surface area contributed by atoms with Crippen LogP contribution in [0, 0.1) is 0 Å². The number of carbonyl (C=O) groups is 1. The second-order valence-corrected chi connectivity index (χ2v) is 6.99. The molecule has 1 unspecified atom stereocenters. The first kappa shape index (κ1) is 13.8. The van der Waals surface area contributed by atoms with Crippen molar-refractivity contribution in [1.82, 2.24) is 10.2 Å². The zero-order valence-electron chi connectivity index (χ0n) is 10.9. The van der Waals surface area contributed by atoms with Crippen LogP contribution in [0.4, 0.5) is 0 Å². The molecule has 3 nitrogen and oxygen atoms in total. The van der Waals surface area contributed by atoms with Crippen LogP contribution in [-0.4, -0.2) is 47.0 Å². The summed E-state index contributed by atoms with van der Waals surface area (Å²) in [6.45, 7) is 11.2. The molecule has 1 aliphatic rings. The molecule has 16 heavy (non-hydrogen) atoms. The van der Waals surface area contributed by atoms with Gasteiger partial charge in [0, 0.05) is 42.6 Å². The molecule has 1 rings (SSSR count). The van der Waals surface area contributed by atoms with E-state index in [9.17, 15) is 4.79 Å². The first-order valence-electron chi connectivity index (χ1n) is 6.03. The van der Waals surface area contributed by atoms with Crippen molar-refractivity contribution < 1.29 is 4.79 Å². The molecule has 0 spiro atoms. The van der Waals surface area contributed by atoms with Gasteiger partial charge in [0.1, 0.15) is 0 Å². The molecular weight excluding hydrogens is 220 g/mol. The van der Waals surface area contributed by atoms with Crippen LogP contribution in [0.2, 0.25) is 0 Å². The second-order valence-electron chi connectivity index (χ2n) is 5.45. The van der Waals surface area contributed by atoms with E-state index in [1.807, 2.05) is 16.7 Å². The maximum atomic E-state index is 11.9. The number of amides is 1. The van der Waals surface area contributed by atoms with Crippen LogP contribution in [0.1, 0.15) is 34.1 Å². The third-order valence-electron chi connectivity index (χ3n) is 2.59. The fourth-order valence-electron chi connectivity index (χ4n) is 1.75. The molecule has 4 heteroatoms. The van der Waals surface area contributed by atoms with E-state index in [2.05, 4.69) is 33.0 Å². The van der Waals surface area contributed by atoms with Crippen molar-refractivity contribution in [2.45, 2.75) is 44.9 Å². The SMILES string of the molecule is CC1CN(C(=O)CCNC(C)(C)C)CCS1. The van der Waals surface area contributed by atoms with Crippen molar-refractivity contribution >= 4 is 17.7 Å². The molecule has 1 N–H and O–H groups in total. The maximum Gasteiger partial charge on any atom is 0.223 e. The van der Waals surface area contributed by atoms with Gasteiger partial charge in [-0.25, -0.2) is 0 Å². The summed E-state index contributed by atoms with van der Waals surface area (Å²) in [4.78, 5) is 13.9. The van der Waals surface area contributed by atoms with Gasteiger partial charge in [0.2, 0.25) is 5.91 Å². The number of carbonyl (C=O) groups excluding carboxylic acids is 1. The lowest BCUT2D eigenvalue weighted by molar-refractivity contribution is -0.131. The minimum atomic E-state index is 0.103. The minimum absolute atomic E-state index is 0.103. The smallest absolute Gasteiger partial charge is 0.223 e. The zero-order valence-corrected chi connectivity index (χ0v) is 11.7. The predicted molar refractivity (Wildman–Crippen MR) is 70.9 cm³/mol. The van der Waals surface area contributed by atoms with Crippen molar-refractivity contribution in [3.8, 4) is 0 Å². The molecule has 0 bridgehead atoms. The second kappa shape index (κ2) is 5.92. The molecule has 1 aliphatic heterocycles. The summed E-state index contributed by atoms with van der Waals surface area (Å²) in [7, 11) is 0. The van der Waals surface area contributed by atoms with Crippen molar-refractivity contribution in [2.75, 3.05) is 25.4 Å². The number of nitrogens with one attached hydrogen (secondary N) is 1. The molecular formula is C12H24N2OS. The lowest BCUT2D eigenvalue weighted by atomic mass is 10.1. The number of nitrogens with zero attached hydrogens (tertiary/aromatic N) is 1. The van der Waals surface area contributed by atoms with Crippen molar-refractivity contribution in [2.24, 2.45) is 0 Å². The normalized spacial score (nSPS) is 22.2. The molecule has 0 aliphatic carbocycles.